The van der Waals surface area contributed by atoms with E-state index < -0.39 is 6.10 Å². The van der Waals surface area contributed by atoms with Crippen LogP contribution < -0.4 is 9.64 Å². The molecule has 1 unspecified atom stereocenters. The summed E-state index contributed by atoms with van der Waals surface area (Å²) >= 11 is 0. The maximum absolute atomic E-state index is 10.3. The summed E-state index contributed by atoms with van der Waals surface area (Å²) in [7, 11) is 0. The molecule has 1 aliphatic heterocycles. The summed E-state index contributed by atoms with van der Waals surface area (Å²) < 4.78 is 5.75. The van der Waals surface area contributed by atoms with Crippen molar-refractivity contribution in [2.24, 2.45) is 0 Å². The van der Waals surface area contributed by atoms with Crippen LogP contribution in [0.3, 0.4) is 0 Å². The summed E-state index contributed by atoms with van der Waals surface area (Å²) in [5.74, 6) is 0.832. The van der Waals surface area contributed by atoms with Crippen molar-refractivity contribution < 1.29 is 9.84 Å². The van der Waals surface area contributed by atoms with Gasteiger partial charge >= 0.3 is 0 Å². The number of hydrogen-bond acceptors (Lipinski definition) is 3. The first-order valence-corrected chi connectivity index (χ1v) is 7.84. The zero-order valence-electron chi connectivity index (χ0n) is 13.2. The maximum Gasteiger partial charge on any atom is 0.119 e. The van der Waals surface area contributed by atoms with E-state index in [4.69, 9.17) is 4.74 Å². The van der Waals surface area contributed by atoms with E-state index in [0.717, 1.165) is 18.7 Å². The van der Waals surface area contributed by atoms with E-state index in [2.05, 4.69) is 49.1 Å². The van der Waals surface area contributed by atoms with E-state index in [1.165, 1.54) is 22.4 Å². The molecule has 0 saturated heterocycles. The molecule has 0 spiro atoms. The van der Waals surface area contributed by atoms with Gasteiger partial charge in [0.2, 0.25) is 0 Å². The number of aliphatic hydroxyl groups is 1. The van der Waals surface area contributed by atoms with Crippen LogP contribution in [0.2, 0.25) is 0 Å². The quantitative estimate of drug-likeness (QED) is 0.920. The first-order chi connectivity index (χ1) is 10.6. The molecule has 1 atom stereocenters. The SMILES string of the molecule is Cc1cc(C)cc(OCC(O)CN2CCc3ccccc32)c1. The lowest BCUT2D eigenvalue weighted by Crippen LogP contribution is -2.34. The van der Waals surface area contributed by atoms with Gasteiger partial charge in [0.1, 0.15) is 18.5 Å². The molecule has 3 nitrogen and oxygen atoms in total. The molecule has 3 rings (SSSR count). The lowest BCUT2D eigenvalue weighted by molar-refractivity contribution is 0.112. The van der Waals surface area contributed by atoms with E-state index in [9.17, 15) is 5.11 Å². The lowest BCUT2D eigenvalue weighted by Gasteiger charge is -2.23. The van der Waals surface area contributed by atoms with Crippen LogP contribution in [0.1, 0.15) is 16.7 Å². The molecule has 0 fully saturated rings. The Kier molecular flexibility index (Phi) is 4.34. The largest absolute Gasteiger partial charge is 0.491 e. The maximum atomic E-state index is 10.3. The van der Waals surface area contributed by atoms with E-state index >= 15 is 0 Å². The molecule has 0 radical (unpaired) electrons. The molecular weight excluding hydrogens is 274 g/mol. The average molecular weight is 297 g/mol. The molecule has 22 heavy (non-hydrogen) atoms. The van der Waals surface area contributed by atoms with Gasteiger partial charge in [-0.1, -0.05) is 24.3 Å². The Hall–Kier alpha value is -2.00. The zero-order chi connectivity index (χ0) is 15.5. The Bertz CT molecular complexity index is 633. The summed E-state index contributed by atoms with van der Waals surface area (Å²) in [6, 6.07) is 14.5. The van der Waals surface area contributed by atoms with Crippen molar-refractivity contribution in [2.45, 2.75) is 26.4 Å². The van der Waals surface area contributed by atoms with Gasteiger partial charge in [-0.3, -0.25) is 0 Å². The second-order valence-corrected chi connectivity index (χ2v) is 6.11. The minimum absolute atomic E-state index is 0.321. The predicted molar refractivity (Wildman–Crippen MR) is 89.8 cm³/mol. The number of benzene rings is 2. The third kappa shape index (κ3) is 3.42. The molecule has 0 saturated carbocycles. The van der Waals surface area contributed by atoms with Crippen LogP contribution in [0.15, 0.2) is 42.5 Å². The first kappa shape index (κ1) is 14.9. The second-order valence-electron chi connectivity index (χ2n) is 6.11. The zero-order valence-corrected chi connectivity index (χ0v) is 13.2. The molecule has 2 aromatic rings. The minimum atomic E-state index is -0.494. The van der Waals surface area contributed by atoms with Crippen molar-refractivity contribution in [1.29, 1.82) is 0 Å². The summed E-state index contributed by atoms with van der Waals surface area (Å²) in [6.45, 7) is 6.01. The monoisotopic (exact) mass is 297 g/mol. The van der Waals surface area contributed by atoms with Crippen molar-refractivity contribution in [3.63, 3.8) is 0 Å². The molecule has 0 aliphatic carbocycles. The minimum Gasteiger partial charge on any atom is -0.491 e. The Morgan fingerprint density at radius 2 is 1.86 bits per heavy atom. The van der Waals surface area contributed by atoms with Gasteiger partial charge in [0.25, 0.3) is 0 Å². The number of nitrogens with zero attached hydrogens (tertiary/aromatic N) is 1. The van der Waals surface area contributed by atoms with Gasteiger partial charge < -0.3 is 14.7 Å². The Morgan fingerprint density at radius 1 is 1.14 bits per heavy atom. The van der Waals surface area contributed by atoms with E-state index in [1.807, 2.05) is 12.1 Å². The highest BCUT2D eigenvalue weighted by Crippen LogP contribution is 2.27. The fraction of sp³-hybridized carbons (Fsp3) is 0.368. The van der Waals surface area contributed by atoms with Crippen LogP contribution in [0.5, 0.6) is 5.75 Å². The number of aryl methyl sites for hydroxylation is 2. The van der Waals surface area contributed by atoms with Gasteiger partial charge in [-0.15, -0.1) is 0 Å². The lowest BCUT2D eigenvalue weighted by atomic mass is 10.1. The standard InChI is InChI=1S/C19H23NO2/c1-14-9-15(2)11-18(10-14)22-13-17(21)12-20-8-7-16-5-3-4-6-19(16)20/h3-6,9-11,17,21H,7-8,12-13H2,1-2H3. The molecule has 2 aromatic carbocycles. The molecule has 1 N–H and O–H groups in total. The highest BCUT2D eigenvalue weighted by atomic mass is 16.5. The van der Waals surface area contributed by atoms with Gasteiger partial charge in [0, 0.05) is 18.8 Å². The molecule has 1 heterocycles. The Balaban J connectivity index is 1.56. The number of anilines is 1. The van der Waals surface area contributed by atoms with Crippen LogP contribution >= 0.6 is 0 Å². The van der Waals surface area contributed by atoms with E-state index in [-0.39, 0.29) is 0 Å². The van der Waals surface area contributed by atoms with Gasteiger partial charge in [0.05, 0.1) is 0 Å². The summed E-state index contributed by atoms with van der Waals surface area (Å²) in [5, 5.41) is 10.3. The van der Waals surface area contributed by atoms with E-state index in [1.54, 1.807) is 0 Å². The molecule has 0 aromatic heterocycles. The Labute approximate surface area is 132 Å². The summed E-state index contributed by atoms with van der Waals surface area (Å²) in [6.07, 6.45) is 0.563. The van der Waals surface area contributed by atoms with Gasteiger partial charge in [-0.05, 0) is 55.2 Å². The molecule has 3 heteroatoms. The average Bonchev–Trinajstić information content (AvgIpc) is 2.88. The fourth-order valence-corrected chi connectivity index (χ4v) is 3.11. The van der Waals surface area contributed by atoms with Gasteiger partial charge in [-0.2, -0.15) is 0 Å². The van der Waals surface area contributed by atoms with Gasteiger partial charge in [0.15, 0.2) is 0 Å². The van der Waals surface area contributed by atoms with Crippen molar-refractivity contribution in [3.05, 3.63) is 59.2 Å². The highest BCUT2D eigenvalue weighted by Gasteiger charge is 2.20. The fourth-order valence-electron chi connectivity index (χ4n) is 3.11. The number of hydrogen-bond donors (Lipinski definition) is 1. The summed E-state index contributed by atoms with van der Waals surface area (Å²) in [5.41, 5.74) is 4.97. The van der Waals surface area contributed by atoms with Crippen LogP contribution in [-0.2, 0) is 6.42 Å². The van der Waals surface area contributed by atoms with Crippen molar-refractivity contribution >= 4 is 5.69 Å². The second kappa shape index (κ2) is 6.41. The van der Waals surface area contributed by atoms with Gasteiger partial charge in [-0.25, -0.2) is 0 Å². The van der Waals surface area contributed by atoms with Crippen LogP contribution in [0, 0.1) is 13.8 Å². The number of rotatable bonds is 5. The molecular formula is C19H23NO2. The number of fused-ring (bicyclic) bond motifs is 1. The van der Waals surface area contributed by atoms with Crippen LogP contribution in [-0.4, -0.2) is 30.9 Å². The van der Waals surface area contributed by atoms with Crippen LogP contribution in [0.4, 0.5) is 5.69 Å². The number of aliphatic hydroxyl groups excluding tert-OH is 1. The summed E-state index contributed by atoms with van der Waals surface area (Å²) in [4.78, 5) is 2.24. The van der Waals surface area contributed by atoms with Crippen LogP contribution in [0.25, 0.3) is 0 Å². The van der Waals surface area contributed by atoms with Crippen molar-refractivity contribution in [2.75, 3.05) is 24.6 Å². The topological polar surface area (TPSA) is 32.7 Å². The molecule has 1 aliphatic rings. The third-order valence-corrected chi connectivity index (χ3v) is 4.05. The van der Waals surface area contributed by atoms with Crippen molar-refractivity contribution in [3.8, 4) is 5.75 Å². The number of ether oxygens (including phenoxy) is 1. The normalized spacial score (nSPS) is 14.8. The van der Waals surface area contributed by atoms with Crippen molar-refractivity contribution in [1.82, 2.24) is 0 Å². The van der Waals surface area contributed by atoms with E-state index in [0.29, 0.717) is 13.2 Å². The number of β-amino-alcohol motifs (C(OH)–C–C–N with tert-alkyl or cyclic N) is 1. The predicted octanol–water partition coefficient (Wildman–Crippen LogP) is 3.11. The third-order valence-electron chi connectivity index (χ3n) is 4.05. The molecule has 0 bridgehead atoms. The Morgan fingerprint density at radius 3 is 2.64 bits per heavy atom. The highest BCUT2D eigenvalue weighted by molar-refractivity contribution is 5.57. The molecule has 116 valence electrons. The number of para-hydroxylation sites is 1. The molecule has 0 amide bonds. The first-order valence-electron chi connectivity index (χ1n) is 7.84. The smallest absolute Gasteiger partial charge is 0.119 e.